The molecule has 2 aromatic carbocycles. The number of hydrogen-bond donors (Lipinski definition) is 0. The van der Waals surface area contributed by atoms with E-state index in [4.69, 9.17) is 0 Å². The maximum atomic E-state index is 3.67. The molecule has 4 saturated carbocycles. The topological polar surface area (TPSA) is 0 Å². The third kappa shape index (κ3) is 7.74. The molecule has 1 unspecified atom stereocenters. The Morgan fingerprint density at radius 3 is 1.91 bits per heavy atom. The number of allylic oxidation sites excluding steroid dienone is 4. The van der Waals surface area contributed by atoms with Crippen molar-refractivity contribution in [3.63, 3.8) is 0 Å². The van der Waals surface area contributed by atoms with Gasteiger partial charge in [-0.25, -0.2) is 5.57 Å². The van der Waals surface area contributed by atoms with Crippen molar-refractivity contribution in [3.8, 4) is 11.1 Å². The minimum absolute atomic E-state index is 0.167. The van der Waals surface area contributed by atoms with E-state index in [1.165, 1.54) is 48.6 Å². The standard InChI is InChI=1S/C21H25.C18H25.C3H6.Zr/c1-20(2,3)16-7-9-18-14(12-16)11-15-13-17(21(4,5)6)8-10-19(15)18;1-12-3-13(2)17(4-12)11-18-8-14-5-15(9-18)7-16(6-14)10-18;1-3-2;/h7-10,12H,11H2,1-6H3;4,12,14-16H,5-11H2,1-2H3;1-2H3;/q2*-1;;+2. The van der Waals surface area contributed by atoms with Gasteiger partial charge in [0, 0.05) is 0 Å². The SMILES string of the molecule is CC(C)(C)c1[c-]c2c(cc1)-c1ccc(C(C)(C)C)cc1C2.CC1=[C-]C(C)C=C1CC12CC3CC(CC(C3)C1)C2.C[C](C)=[Zr+2]. The van der Waals surface area contributed by atoms with Gasteiger partial charge in [0.2, 0.25) is 0 Å². The quantitative estimate of drug-likeness (QED) is 0.242. The van der Waals surface area contributed by atoms with Crippen LogP contribution in [0.25, 0.3) is 11.1 Å². The van der Waals surface area contributed by atoms with Gasteiger partial charge >= 0.3 is 41.3 Å². The number of fused-ring (bicyclic) bond motifs is 3. The van der Waals surface area contributed by atoms with Gasteiger partial charge < -0.3 is 0 Å². The molecule has 0 saturated heterocycles. The third-order valence-electron chi connectivity index (χ3n) is 10.6. The van der Waals surface area contributed by atoms with E-state index >= 15 is 0 Å². The van der Waals surface area contributed by atoms with Gasteiger partial charge in [0.25, 0.3) is 0 Å². The van der Waals surface area contributed by atoms with Gasteiger partial charge in [-0.1, -0.05) is 91.5 Å². The summed E-state index contributed by atoms with van der Waals surface area (Å²) in [6.45, 7) is 22.4. The summed E-state index contributed by atoms with van der Waals surface area (Å²) in [5.74, 6) is 3.82. The van der Waals surface area contributed by atoms with Gasteiger partial charge in [0.05, 0.1) is 0 Å². The zero-order chi connectivity index (χ0) is 31.3. The first-order valence-electron chi connectivity index (χ1n) is 17.0. The van der Waals surface area contributed by atoms with Crippen LogP contribution in [-0.4, -0.2) is 3.21 Å². The second kappa shape index (κ2) is 12.5. The molecule has 1 atom stereocenters. The third-order valence-corrected chi connectivity index (χ3v) is 10.6. The van der Waals surface area contributed by atoms with E-state index in [1.807, 2.05) is 0 Å². The predicted molar refractivity (Wildman–Crippen MR) is 182 cm³/mol. The van der Waals surface area contributed by atoms with Crippen molar-refractivity contribution in [1.82, 2.24) is 0 Å². The summed E-state index contributed by atoms with van der Waals surface area (Å²) in [6, 6.07) is 15.2. The molecule has 6 aliphatic rings. The number of hydrogen-bond acceptors (Lipinski definition) is 0. The fourth-order valence-electron chi connectivity index (χ4n) is 9.03. The van der Waals surface area contributed by atoms with Crippen LogP contribution in [0.3, 0.4) is 0 Å². The molecule has 4 fully saturated rings. The zero-order valence-corrected chi connectivity index (χ0v) is 31.4. The molecule has 0 radical (unpaired) electrons. The van der Waals surface area contributed by atoms with Crippen LogP contribution in [0.4, 0.5) is 0 Å². The fourth-order valence-corrected chi connectivity index (χ4v) is 9.03. The molecule has 0 nitrogen and oxygen atoms in total. The van der Waals surface area contributed by atoms with Crippen LogP contribution in [0.2, 0.25) is 0 Å². The van der Waals surface area contributed by atoms with Crippen molar-refractivity contribution >= 4 is 3.21 Å². The Morgan fingerprint density at radius 1 is 0.860 bits per heavy atom. The van der Waals surface area contributed by atoms with Gasteiger partial charge in [0.1, 0.15) is 0 Å². The normalized spacial score (nSPS) is 28.2. The Hall–Kier alpha value is -1.33. The van der Waals surface area contributed by atoms with Crippen LogP contribution in [0.15, 0.2) is 47.6 Å². The van der Waals surface area contributed by atoms with Crippen molar-refractivity contribution in [1.29, 1.82) is 0 Å². The average molecular weight is 652 g/mol. The van der Waals surface area contributed by atoms with Crippen LogP contribution in [0.1, 0.15) is 136 Å². The molecule has 0 amide bonds. The van der Waals surface area contributed by atoms with Gasteiger partial charge in [-0.05, 0) is 90.1 Å². The van der Waals surface area contributed by atoms with Gasteiger partial charge in [-0.2, -0.15) is 35.4 Å². The predicted octanol–water partition coefficient (Wildman–Crippen LogP) is 11.3. The summed E-state index contributed by atoms with van der Waals surface area (Å²) in [6.07, 6.45) is 17.8. The summed E-state index contributed by atoms with van der Waals surface area (Å²) in [5.41, 5.74) is 12.5. The molecule has 0 N–H and O–H groups in total. The van der Waals surface area contributed by atoms with Gasteiger partial charge in [-0.15, -0.1) is 11.1 Å². The molecule has 2 aromatic rings. The van der Waals surface area contributed by atoms with Crippen molar-refractivity contribution in [2.24, 2.45) is 29.1 Å². The van der Waals surface area contributed by atoms with Crippen LogP contribution in [0.5, 0.6) is 0 Å². The van der Waals surface area contributed by atoms with Crippen molar-refractivity contribution in [3.05, 3.63) is 82.0 Å². The van der Waals surface area contributed by atoms with E-state index in [9.17, 15) is 0 Å². The van der Waals surface area contributed by atoms with E-state index in [0.717, 1.165) is 24.2 Å². The molecular formula is C42H56Zr. The van der Waals surface area contributed by atoms with Crippen LogP contribution < -0.4 is 0 Å². The van der Waals surface area contributed by atoms with Gasteiger partial charge in [0.15, 0.2) is 0 Å². The Morgan fingerprint density at radius 2 is 1.42 bits per heavy atom. The van der Waals surface area contributed by atoms with Crippen molar-refractivity contribution in [2.75, 3.05) is 0 Å². The van der Waals surface area contributed by atoms with Gasteiger partial charge in [-0.3, -0.25) is 6.08 Å². The molecule has 4 bridgehead atoms. The van der Waals surface area contributed by atoms with E-state index in [-0.39, 0.29) is 10.8 Å². The summed E-state index contributed by atoms with van der Waals surface area (Å²) >= 11 is 1.55. The minimum atomic E-state index is 0.167. The summed E-state index contributed by atoms with van der Waals surface area (Å²) in [5, 5.41) is 0. The molecule has 8 rings (SSSR count). The molecule has 0 aliphatic heterocycles. The van der Waals surface area contributed by atoms with Crippen molar-refractivity contribution < 1.29 is 24.2 Å². The maximum absolute atomic E-state index is 3.67. The van der Waals surface area contributed by atoms with Crippen LogP contribution in [-0.2, 0) is 41.5 Å². The van der Waals surface area contributed by atoms with Crippen LogP contribution in [0, 0.1) is 41.2 Å². The molecule has 6 aliphatic carbocycles. The number of benzene rings is 2. The Bertz CT molecular complexity index is 1310. The molecular weight excluding hydrogens is 596 g/mol. The summed E-state index contributed by atoms with van der Waals surface area (Å²) in [4.78, 5) is 0. The number of rotatable bonds is 2. The first kappa shape index (κ1) is 33.0. The average Bonchev–Trinajstić information content (AvgIpc) is 3.39. The first-order chi connectivity index (χ1) is 20.0. The molecule has 43 heavy (non-hydrogen) atoms. The van der Waals surface area contributed by atoms with Crippen molar-refractivity contribution in [2.45, 2.75) is 131 Å². The van der Waals surface area contributed by atoms with E-state index in [0.29, 0.717) is 11.3 Å². The van der Waals surface area contributed by atoms with E-state index in [2.05, 4.69) is 118 Å². The zero-order valence-electron chi connectivity index (χ0n) is 28.9. The Balaban J connectivity index is 0.000000154. The molecule has 0 spiro atoms. The molecule has 0 heterocycles. The van der Waals surface area contributed by atoms with Crippen LogP contribution >= 0.6 is 0 Å². The molecule has 1 heteroatoms. The first-order valence-corrected chi connectivity index (χ1v) is 18.3. The molecule has 0 aromatic heterocycles. The fraction of sp³-hybridized carbons (Fsp3) is 0.595. The molecule has 228 valence electrons. The Kier molecular flexibility index (Phi) is 9.58. The monoisotopic (exact) mass is 650 g/mol. The summed E-state index contributed by atoms with van der Waals surface area (Å²) in [7, 11) is 0. The van der Waals surface area contributed by atoms with E-state index in [1.54, 1.807) is 68.3 Å². The second-order valence-corrected chi connectivity index (χ2v) is 19.6. The summed E-state index contributed by atoms with van der Waals surface area (Å²) < 4.78 is 1.51. The Labute approximate surface area is 279 Å². The van der Waals surface area contributed by atoms with E-state index < -0.39 is 0 Å². The second-order valence-electron chi connectivity index (χ2n) is 17.2.